The molecule has 2 saturated carbocycles. The Morgan fingerprint density at radius 3 is 2.28 bits per heavy atom. The van der Waals surface area contributed by atoms with Crippen molar-refractivity contribution < 1.29 is 14.6 Å². The molecule has 25 heavy (non-hydrogen) atoms. The number of carbonyl (C=O) groups excluding carboxylic acids is 1. The van der Waals surface area contributed by atoms with Crippen LogP contribution in [0.15, 0.2) is 24.3 Å². The molecule has 3 aliphatic rings. The zero-order chi connectivity index (χ0) is 17.7. The van der Waals surface area contributed by atoms with Gasteiger partial charge in [-0.15, -0.1) is 0 Å². The summed E-state index contributed by atoms with van der Waals surface area (Å²) >= 11 is 0. The number of hydrogen-bond donors (Lipinski definition) is 1. The van der Waals surface area contributed by atoms with Crippen molar-refractivity contribution in [2.24, 2.45) is 11.3 Å². The van der Waals surface area contributed by atoms with E-state index in [4.69, 9.17) is 4.74 Å². The summed E-state index contributed by atoms with van der Waals surface area (Å²) in [7, 11) is 0. The molecule has 1 aromatic carbocycles. The fourth-order valence-electron chi connectivity index (χ4n) is 4.70. The van der Waals surface area contributed by atoms with Gasteiger partial charge in [0.15, 0.2) is 0 Å². The van der Waals surface area contributed by atoms with Crippen LogP contribution in [0.4, 0.5) is 5.69 Å². The number of rotatable bonds is 4. The molecular formula is C21H29NO3. The third-order valence-electron chi connectivity index (χ3n) is 6.44. The highest BCUT2D eigenvalue weighted by molar-refractivity contribution is 6.00. The number of aliphatic hydroxyl groups is 1. The number of carbonyl (C=O) groups is 1. The molecule has 1 saturated heterocycles. The van der Waals surface area contributed by atoms with Gasteiger partial charge in [0.1, 0.15) is 5.75 Å². The molecule has 1 spiro atoms. The second-order valence-electron chi connectivity index (χ2n) is 8.53. The number of amides is 1. The van der Waals surface area contributed by atoms with Crippen LogP contribution in [0.25, 0.3) is 0 Å². The Kier molecular flexibility index (Phi) is 4.06. The Labute approximate surface area is 150 Å². The van der Waals surface area contributed by atoms with Gasteiger partial charge in [-0.1, -0.05) is 0 Å². The molecule has 136 valence electrons. The SMILES string of the molecule is CC(C)Oc1ccc(N2CC[C@]3(CC[C@@](O)(C4CC4)CC3)C2=O)cc1. The molecule has 4 heteroatoms. The van der Waals surface area contributed by atoms with Crippen LogP contribution in [0.2, 0.25) is 0 Å². The topological polar surface area (TPSA) is 49.8 Å². The van der Waals surface area contributed by atoms with Gasteiger partial charge in [0, 0.05) is 12.2 Å². The van der Waals surface area contributed by atoms with Gasteiger partial charge in [0.2, 0.25) is 5.91 Å². The molecule has 4 nitrogen and oxygen atoms in total. The van der Waals surface area contributed by atoms with E-state index in [0.717, 1.165) is 62.9 Å². The molecular weight excluding hydrogens is 314 g/mol. The first-order valence-corrected chi connectivity index (χ1v) is 9.73. The first-order valence-electron chi connectivity index (χ1n) is 9.73. The average Bonchev–Trinajstić information content (AvgIpc) is 3.39. The highest BCUT2D eigenvalue weighted by atomic mass is 16.5. The molecule has 1 amide bonds. The van der Waals surface area contributed by atoms with Crippen molar-refractivity contribution in [3.63, 3.8) is 0 Å². The summed E-state index contributed by atoms with van der Waals surface area (Å²) < 4.78 is 5.69. The summed E-state index contributed by atoms with van der Waals surface area (Å²) in [6.07, 6.45) is 6.64. The largest absolute Gasteiger partial charge is 0.491 e. The van der Waals surface area contributed by atoms with Crippen molar-refractivity contribution in [3.8, 4) is 5.75 Å². The molecule has 0 atom stereocenters. The van der Waals surface area contributed by atoms with E-state index in [0.29, 0.717) is 5.92 Å². The summed E-state index contributed by atoms with van der Waals surface area (Å²) in [5.74, 6) is 1.58. The molecule has 3 fully saturated rings. The summed E-state index contributed by atoms with van der Waals surface area (Å²) in [6.45, 7) is 4.80. The maximum atomic E-state index is 13.2. The van der Waals surface area contributed by atoms with Gasteiger partial charge < -0.3 is 14.7 Å². The van der Waals surface area contributed by atoms with Crippen LogP contribution in [-0.2, 0) is 4.79 Å². The monoisotopic (exact) mass is 343 g/mol. The number of ether oxygens (including phenoxy) is 1. The maximum Gasteiger partial charge on any atom is 0.233 e. The second-order valence-corrected chi connectivity index (χ2v) is 8.53. The fourth-order valence-corrected chi connectivity index (χ4v) is 4.70. The van der Waals surface area contributed by atoms with E-state index in [1.54, 1.807) is 0 Å². The van der Waals surface area contributed by atoms with Crippen molar-refractivity contribution >= 4 is 11.6 Å². The van der Waals surface area contributed by atoms with E-state index in [1.807, 2.05) is 43.0 Å². The number of anilines is 1. The van der Waals surface area contributed by atoms with Crippen LogP contribution < -0.4 is 9.64 Å². The first-order chi connectivity index (χ1) is 11.9. The molecule has 1 N–H and O–H groups in total. The van der Waals surface area contributed by atoms with Crippen LogP contribution in [0.3, 0.4) is 0 Å². The zero-order valence-electron chi connectivity index (χ0n) is 15.3. The predicted molar refractivity (Wildman–Crippen MR) is 97.8 cm³/mol. The van der Waals surface area contributed by atoms with Crippen molar-refractivity contribution in [2.45, 2.75) is 70.5 Å². The van der Waals surface area contributed by atoms with Crippen LogP contribution >= 0.6 is 0 Å². The molecule has 2 aliphatic carbocycles. The lowest BCUT2D eigenvalue weighted by atomic mass is 9.66. The molecule has 1 aromatic rings. The normalized spacial score (nSPS) is 32.6. The van der Waals surface area contributed by atoms with Crippen LogP contribution in [0, 0.1) is 11.3 Å². The van der Waals surface area contributed by atoms with Crippen molar-refractivity contribution in [1.82, 2.24) is 0 Å². The van der Waals surface area contributed by atoms with E-state index in [9.17, 15) is 9.90 Å². The second kappa shape index (κ2) is 6.01. The van der Waals surface area contributed by atoms with Gasteiger partial charge in [0.05, 0.1) is 17.1 Å². The van der Waals surface area contributed by atoms with E-state index in [-0.39, 0.29) is 17.4 Å². The Balaban J connectivity index is 1.45. The van der Waals surface area contributed by atoms with E-state index < -0.39 is 5.60 Å². The van der Waals surface area contributed by atoms with E-state index >= 15 is 0 Å². The van der Waals surface area contributed by atoms with Crippen molar-refractivity contribution in [1.29, 1.82) is 0 Å². The summed E-state index contributed by atoms with van der Waals surface area (Å²) in [6, 6.07) is 7.86. The zero-order valence-corrected chi connectivity index (χ0v) is 15.3. The first kappa shape index (κ1) is 16.9. The minimum Gasteiger partial charge on any atom is -0.491 e. The number of nitrogens with zero attached hydrogens (tertiary/aromatic N) is 1. The standard InChI is InChI=1S/C21H29NO3/c1-15(2)25-18-7-5-17(6-8-18)22-14-13-20(19(22)23)9-11-21(24,12-10-20)16-3-4-16/h5-8,15-16,24H,3-4,9-14H2,1-2H3/t20-,21+. The lowest BCUT2D eigenvalue weighted by Crippen LogP contribution is -2.44. The predicted octanol–water partition coefficient (Wildman–Crippen LogP) is 3.91. The summed E-state index contributed by atoms with van der Waals surface area (Å²) in [4.78, 5) is 15.1. The molecule has 0 bridgehead atoms. The average molecular weight is 343 g/mol. The van der Waals surface area contributed by atoms with Gasteiger partial charge in [-0.2, -0.15) is 0 Å². The molecule has 0 aromatic heterocycles. The van der Waals surface area contributed by atoms with Gasteiger partial charge >= 0.3 is 0 Å². The fraction of sp³-hybridized carbons (Fsp3) is 0.667. The van der Waals surface area contributed by atoms with E-state index in [1.165, 1.54) is 0 Å². The Hall–Kier alpha value is -1.55. The third kappa shape index (κ3) is 3.05. The summed E-state index contributed by atoms with van der Waals surface area (Å²) in [5, 5.41) is 10.8. The quantitative estimate of drug-likeness (QED) is 0.902. The van der Waals surface area contributed by atoms with Crippen molar-refractivity contribution in [2.75, 3.05) is 11.4 Å². The van der Waals surface area contributed by atoms with Gasteiger partial charge in [-0.3, -0.25) is 4.79 Å². The van der Waals surface area contributed by atoms with Gasteiger partial charge in [-0.05, 0) is 89.0 Å². The van der Waals surface area contributed by atoms with Gasteiger partial charge in [-0.25, -0.2) is 0 Å². The number of hydrogen-bond acceptors (Lipinski definition) is 3. The molecule has 1 heterocycles. The lowest BCUT2D eigenvalue weighted by Gasteiger charge is -2.41. The molecule has 4 rings (SSSR count). The van der Waals surface area contributed by atoms with Crippen LogP contribution in [0.5, 0.6) is 5.75 Å². The highest BCUT2D eigenvalue weighted by Gasteiger charge is 2.54. The maximum absolute atomic E-state index is 13.2. The van der Waals surface area contributed by atoms with Crippen LogP contribution in [-0.4, -0.2) is 29.3 Å². The van der Waals surface area contributed by atoms with Gasteiger partial charge in [0.25, 0.3) is 0 Å². The molecule has 0 unspecified atom stereocenters. The Morgan fingerprint density at radius 1 is 1.08 bits per heavy atom. The van der Waals surface area contributed by atoms with Crippen molar-refractivity contribution in [3.05, 3.63) is 24.3 Å². The third-order valence-corrected chi connectivity index (χ3v) is 6.44. The Morgan fingerprint density at radius 2 is 1.72 bits per heavy atom. The summed E-state index contributed by atoms with van der Waals surface area (Å²) in [5.41, 5.74) is 0.226. The highest BCUT2D eigenvalue weighted by Crippen LogP contribution is 2.54. The molecule has 0 radical (unpaired) electrons. The number of benzene rings is 1. The Bertz CT molecular complexity index is 640. The minimum atomic E-state index is -0.491. The smallest absolute Gasteiger partial charge is 0.233 e. The minimum absolute atomic E-state index is 0.148. The lowest BCUT2D eigenvalue weighted by molar-refractivity contribution is -0.131. The molecule has 1 aliphatic heterocycles. The van der Waals surface area contributed by atoms with Crippen LogP contribution in [0.1, 0.15) is 58.8 Å². The van der Waals surface area contributed by atoms with E-state index in [2.05, 4.69) is 0 Å².